The fraction of sp³-hybridized carbons (Fsp3) is 0.250. The molecule has 0 aliphatic rings. The maximum atomic E-state index is 13.2. The summed E-state index contributed by atoms with van der Waals surface area (Å²) in [7, 11) is 1.32. The third-order valence-electron chi connectivity index (χ3n) is 4.66. The van der Waals surface area contributed by atoms with E-state index in [1.165, 1.54) is 30.1 Å². The highest BCUT2D eigenvalue weighted by Gasteiger charge is 2.20. The molecular weight excluding hydrogens is 476 g/mol. The zero-order valence-corrected chi connectivity index (χ0v) is 18.8. The van der Waals surface area contributed by atoms with Gasteiger partial charge in [-0.05, 0) is 30.7 Å². The molecule has 10 heteroatoms. The highest BCUT2D eigenvalue weighted by atomic mass is 79.9. The second-order valence-corrected chi connectivity index (χ2v) is 7.96. The smallest absolute Gasteiger partial charge is 0.313 e. The maximum absolute atomic E-state index is 13.2. The van der Waals surface area contributed by atoms with Gasteiger partial charge < -0.3 is 4.74 Å². The van der Waals surface area contributed by atoms with Crippen LogP contribution in [0.3, 0.4) is 0 Å². The standard InChI is InChI=1S/C20H18BrClN4O4/c1-4-11(2)19-24-16-6-5-13(21)8-15(16)20(27)25(19)23-10-12-7-14(22)9-17(26(28)29)18(12)30-3/h5-11H,4H2,1-3H3/t11-/m0/s1. The molecule has 0 saturated heterocycles. The maximum Gasteiger partial charge on any atom is 0.313 e. The molecule has 8 nitrogen and oxygen atoms in total. The first kappa shape index (κ1) is 21.9. The van der Waals surface area contributed by atoms with Gasteiger partial charge in [0, 0.05) is 27.0 Å². The van der Waals surface area contributed by atoms with E-state index in [1.54, 1.807) is 12.1 Å². The molecule has 0 unspecified atom stereocenters. The number of aromatic nitrogens is 2. The Hall–Kier alpha value is -2.78. The largest absolute Gasteiger partial charge is 0.490 e. The first-order valence-electron chi connectivity index (χ1n) is 9.05. The lowest BCUT2D eigenvalue weighted by molar-refractivity contribution is -0.385. The van der Waals surface area contributed by atoms with E-state index < -0.39 is 4.92 Å². The number of fused-ring (bicyclic) bond motifs is 1. The van der Waals surface area contributed by atoms with Gasteiger partial charge in [0.2, 0.25) is 5.75 Å². The molecule has 0 bridgehead atoms. The highest BCUT2D eigenvalue weighted by molar-refractivity contribution is 9.10. The van der Waals surface area contributed by atoms with E-state index in [9.17, 15) is 14.9 Å². The zero-order chi connectivity index (χ0) is 22.0. The van der Waals surface area contributed by atoms with Crippen molar-refractivity contribution >= 4 is 50.3 Å². The minimum atomic E-state index is -0.589. The van der Waals surface area contributed by atoms with E-state index >= 15 is 0 Å². The van der Waals surface area contributed by atoms with Crippen LogP contribution in [-0.4, -0.2) is 27.9 Å². The molecule has 1 atom stereocenters. The minimum absolute atomic E-state index is 0.00258. The lowest BCUT2D eigenvalue weighted by atomic mass is 10.1. The van der Waals surface area contributed by atoms with E-state index in [0.717, 1.165) is 10.9 Å². The number of rotatable bonds is 6. The summed E-state index contributed by atoms with van der Waals surface area (Å²) in [6.45, 7) is 3.93. The predicted molar refractivity (Wildman–Crippen MR) is 120 cm³/mol. The molecule has 0 N–H and O–H groups in total. The fourth-order valence-electron chi connectivity index (χ4n) is 2.95. The molecule has 0 aliphatic carbocycles. The average Bonchev–Trinajstić information content (AvgIpc) is 2.72. The van der Waals surface area contributed by atoms with Gasteiger partial charge in [0.1, 0.15) is 5.82 Å². The third kappa shape index (κ3) is 4.22. The van der Waals surface area contributed by atoms with Gasteiger partial charge >= 0.3 is 5.69 Å². The molecule has 3 aromatic rings. The quantitative estimate of drug-likeness (QED) is 0.269. The van der Waals surface area contributed by atoms with Gasteiger partial charge in [-0.2, -0.15) is 9.78 Å². The number of ether oxygens (including phenoxy) is 1. The minimum Gasteiger partial charge on any atom is -0.490 e. The molecular formula is C20H18BrClN4O4. The number of nitrogens with zero attached hydrogens (tertiary/aromatic N) is 4. The summed E-state index contributed by atoms with van der Waals surface area (Å²) >= 11 is 9.39. The van der Waals surface area contributed by atoms with Crippen molar-refractivity contribution in [3.63, 3.8) is 0 Å². The van der Waals surface area contributed by atoms with Gasteiger partial charge in [-0.15, -0.1) is 0 Å². The van der Waals surface area contributed by atoms with Gasteiger partial charge in [0.25, 0.3) is 5.56 Å². The van der Waals surface area contributed by atoms with E-state index in [4.69, 9.17) is 16.3 Å². The van der Waals surface area contributed by atoms with Crippen molar-refractivity contribution in [2.45, 2.75) is 26.2 Å². The van der Waals surface area contributed by atoms with Crippen LogP contribution in [0.2, 0.25) is 5.02 Å². The van der Waals surface area contributed by atoms with Crippen LogP contribution in [0.25, 0.3) is 10.9 Å². The van der Waals surface area contributed by atoms with E-state index in [1.807, 2.05) is 19.9 Å². The molecule has 1 heterocycles. The Kier molecular flexibility index (Phi) is 6.52. The summed E-state index contributed by atoms with van der Waals surface area (Å²) in [5.41, 5.74) is 0.207. The fourth-order valence-corrected chi connectivity index (χ4v) is 3.53. The Bertz CT molecular complexity index is 1230. The molecule has 0 saturated carbocycles. The Morgan fingerprint density at radius 2 is 2.13 bits per heavy atom. The first-order valence-corrected chi connectivity index (χ1v) is 10.2. The molecule has 0 amide bonds. The molecule has 2 aromatic carbocycles. The Morgan fingerprint density at radius 3 is 2.77 bits per heavy atom. The zero-order valence-electron chi connectivity index (χ0n) is 16.4. The van der Waals surface area contributed by atoms with Crippen molar-refractivity contribution in [2.75, 3.05) is 7.11 Å². The first-order chi connectivity index (χ1) is 14.3. The molecule has 0 spiro atoms. The molecule has 30 heavy (non-hydrogen) atoms. The topological polar surface area (TPSA) is 99.6 Å². The summed E-state index contributed by atoms with van der Waals surface area (Å²) in [6.07, 6.45) is 2.06. The van der Waals surface area contributed by atoms with Crippen LogP contribution in [0.4, 0.5) is 5.69 Å². The number of methoxy groups -OCH3 is 1. The van der Waals surface area contributed by atoms with Crippen LogP contribution in [0.1, 0.15) is 37.6 Å². The van der Waals surface area contributed by atoms with Crippen LogP contribution < -0.4 is 10.3 Å². The van der Waals surface area contributed by atoms with Gasteiger partial charge in [0.15, 0.2) is 0 Å². The van der Waals surface area contributed by atoms with Crippen molar-refractivity contribution in [3.05, 3.63) is 71.7 Å². The number of nitro groups is 1. The summed E-state index contributed by atoms with van der Waals surface area (Å²) in [5, 5.41) is 16.2. The molecule has 0 fully saturated rings. The molecule has 0 radical (unpaired) electrons. The summed E-state index contributed by atoms with van der Waals surface area (Å²) in [5.74, 6) is 0.449. The second kappa shape index (κ2) is 8.93. The summed E-state index contributed by atoms with van der Waals surface area (Å²) < 4.78 is 7.16. The second-order valence-electron chi connectivity index (χ2n) is 6.61. The van der Waals surface area contributed by atoms with E-state index in [0.29, 0.717) is 16.7 Å². The Labute approximate surface area is 185 Å². The monoisotopic (exact) mass is 492 g/mol. The number of hydrogen-bond acceptors (Lipinski definition) is 6. The summed E-state index contributed by atoms with van der Waals surface area (Å²) in [4.78, 5) is 28.5. The van der Waals surface area contributed by atoms with Crippen molar-refractivity contribution in [2.24, 2.45) is 5.10 Å². The van der Waals surface area contributed by atoms with Crippen LogP contribution in [0.5, 0.6) is 5.75 Å². The number of hydrogen-bond donors (Lipinski definition) is 0. The Balaban J connectivity index is 2.25. The number of benzene rings is 2. The number of nitro benzene ring substituents is 1. The normalized spacial score (nSPS) is 12.4. The molecule has 156 valence electrons. The third-order valence-corrected chi connectivity index (χ3v) is 5.37. The predicted octanol–water partition coefficient (Wildman–Crippen LogP) is 5.12. The van der Waals surface area contributed by atoms with Gasteiger partial charge in [0.05, 0.1) is 29.2 Å². The molecule has 1 aromatic heterocycles. The summed E-state index contributed by atoms with van der Waals surface area (Å²) in [6, 6.07) is 7.95. The van der Waals surface area contributed by atoms with E-state index in [2.05, 4.69) is 26.0 Å². The van der Waals surface area contributed by atoms with Crippen LogP contribution >= 0.6 is 27.5 Å². The van der Waals surface area contributed by atoms with Crippen molar-refractivity contribution in [1.82, 2.24) is 9.66 Å². The van der Waals surface area contributed by atoms with Crippen molar-refractivity contribution in [1.29, 1.82) is 0 Å². The van der Waals surface area contributed by atoms with Crippen LogP contribution in [0.15, 0.2) is 44.7 Å². The number of halogens is 2. The SMILES string of the molecule is CC[C@H](C)c1nc2ccc(Br)cc2c(=O)n1N=Cc1cc(Cl)cc([N+](=O)[O-])c1OC. The van der Waals surface area contributed by atoms with Gasteiger partial charge in [-0.25, -0.2) is 4.98 Å². The highest BCUT2D eigenvalue weighted by Crippen LogP contribution is 2.33. The lowest BCUT2D eigenvalue weighted by Crippen LogP contribution is -2.23. The average molecular weight is 494 g/mol. The molecule has 0 aliphatic heterocycles. The van der Waals surface area contributed by atoms with Crippen LogP contribution in [0, 0.1) is 10.1 Å². The van der Waals surface area contributed by atoms with Gasteiger partial charge in [-0.3, -0.25) is 14.9 Å². The Morgan fingerprint density at radius 1 is 1.40 bits per heavy atom. The lowest BCUT2D eigenvalue weighted by Gasteiger charge is -2.14. The van der Waals surface area contributed by atoms with Gasteiger partial charge in [-0.1, -0.05) is 41.4 Å². The molecule has 3 rings (SSSR count). The van der Waals surface area contributed by atoms with Crippen molar-refractivity contribution in [3.8, 4) is 5.75 Å². The van der Waals surface area contributed by atoms with Crippen LogP contribution in [-0.2, 0) is 0 Å². The van der Waals surface area contributed by atoms with Crippen molar-refractivity contribution < 1.29 is 9.66 Å². The van der Waals surface area contributed by atoms with E-state index in [-0.39, 0.29) is 33.5 Å².